The Kier molecular flexibility index (Phi) is 6.37. The second-order valence-corrected chi connectivity index (χ2v) is 11.4. The van der Waals surface area contributed by atoms with Crippen LogP contribution < -0.4 is 5.32 Å². The molecule has 11 heteroatoms. The Labute approximate surface area is 163 Å². The topological polar surface area (TPSA) is 110 Å². The number of rotatable bonds is 6. The van der Waals surface area contributed by atoms with Gasteiger partial charge >= 0.3 is 0 Å². The summed E-state index contributed by atoms with van der Waals surface area (Å²) in [6.07, 6.45) is 0.00310. The molecule has 2 saturated heterocycles. The van der Waals surface area contributed by atoms with Crippen molar-refractivity contribution >= 4 is 25.6 Å². The van der Waals surface area contributed by atoms with Gasteiger partial charge in [0.1, 0.15) is 5.82 Å². The molecule has 2 aliphatic heterocycles. The number of nitrogens with one attached hydrogen (secondary N) is 1. The maximum Gasteiger partial charge on any atom is 0.254 e. The van der Waals surface area contributed by atoms with Gasteiger partial charge in [0.25, 0.3) is 5.91 Å². The van der Waals surface area contributed by atoms with Crippen molar-refractivity contribution in [3.05, 3.63) is 29.6 Å². The molecule has 156 valence electrons. The van der Waals surface area contributed by atoms with Gasteiger partial charge in [0.2, 0.25) is 0 Å². The number of sulfone groups is 2. The maximum absolute atomic E-state index is 14.1. The number of carbonyl (C=O) groups excluding carboxylic acids is 1. The van der Waals surface area contributed by atoms with Crippen LogP contribution in [-0.4, -0.2) is 83.8 Å². The number of nitrogens with zero attached hydrogens (tertiary/aromatic N) is 1. The second kappa shape index (κ2) is 8.44. The molecule has 3 rings (SSSR count). The molecule has 1 amide bonds. The van der Waals surface area contributed by atoms with Gasteiger partial charge in [0.05, 0.1) is 40.4 Å². The summed E-state index contributed by atoms with van der Waals surface area (Å²) in [7, 11) is -7.36. The number of benzene rings is 1. The highest BCUT2D eigenvalue weighted by molar-refractivity contribution is 7.96. The van der Waals surface area contributed by atoms with E-state index in [4.69, 9.17) is 4.74 Å². The van der Waals surface area contributed by atoms with Crippen LogP contribution in [0.3, 0.4) is 0 Å². The Morgan fingerprint density at radius 2 is 2.00 bits per heavy atom. The van der Waals surface area contributed by atoms with Crippen LogP contribution in [0.25, 0.3) is 0 Å². The third-order valence-corrected chi connectivity index (χ3v) is 9.13. The maximum atomic E-state index is 14.1. The molecule has 0 aliphatic carbocycles. The van der Waals surface area contributed by atoms with Crippen LogP contribution in [0.2, 0.25) is 0 Å². The lowest BCUT2D eigenvalue weighted by Gasteiger charge is -2.26. The zero-order chi connectivity index (χ0) is 20.4. The number of ether oxygens (including phenoxy) is 1. The molecule has 0 bridgehead atoms. The second-order valence-electron chi connectivity index (χ2n) is 6.92. The summed E-state index contributed by atoms with van der Waals surface area (Å²) < 4.78 is 67.9. The Morgan fingerprint density at radius 3 is 2.64 bits per heavy atom. The fourth-order valence-electron chi connectivity index (χ4n) is 3.30. The van der Waals surface area contributed by atoms with E-state index in [2.05, 4.69) is 10.2 Å². The van der Waals surface area contributed by atoms with E-state index in [-0.39, 0.29) is 29.2 Å². The molecule has 0 radical (unpaired) electrons. The van der Waals surface area contributed by atoms with Crippen LogP contribution in [0.5, 0.6) is 0 Å². The molecule has 0 unspecified atom stereocenters. The quantitative estimate of drug-likeness (QED) is 0.620. The lowest BCUT2D eigenvalue weighted by molar-refractivity contribution is 0.0383. The van der Waals surface area contributed by atoms with Crippen molar-refractivity contribution < 1.29 is 30.8 Å². The molecule has 0 saturated carbocycles. The van der Waals surface area contributed by atoms with Gasteiger partial charge in [-0.2, -0.15) is 0 Å². The molecule has 28 heavy (non-hydrogen) atoms. The summed E-state index contributed by atoms with van der Waals surface area (Å²) >= 11 is 0. The number of carbonyl (C=O) groups is 1. The third kappa shape index (κ3) is 4.88. The highest BCUT2D eigenvalue weighted by Gasteiger charge is 2.38. The predicted molar refractivity (Wildman–Crippen MR) is 100 cm³/mol. The molecule has 2 heterocycles. The molecule has 1 aromatic rings. The lowest BCUT2D eigenvalue weighted by atomic mass is 10.2. The van der Waals surface area contributed by atoms with Crippen LogP contribution >= 0.6 is 0 Å². The van der Waals surface area contributed by atoms with Gasteiger partial charge in [0.15, 0.2) is 19.7 Å². The summed E-state index contributed by atoms with van der Waals surface area (Å²) in [5, 5.41) is 1.53. The third-order valence-electron chi connectivity index (χ3n) is 4.96. The van der Waals surface area contributed by atoms with Crippen molar-refractivity contribution in [1.82, 2.24) is 10.2 Å². The minimum atomic E-state index is -3.97. The fraction of sp³-hybridized carbons (Fsp3) is 0.588. The van der Waals surface area contributed by atoms with Crippen molar-refractivity contribution in [3.63, 3.8) is 0 Å². The first-order valence-electron chi connectivity index (χ1n) is 9.01. The molecular formula is C17H23FN2O6S2. The molecule has 2 fully saturated rings. The van der Waals surface area contributed by atoms with Crippen LogP contribution in [0.15, 0.2) is 23.1 Å². The highest BCUT2D eigenvalue weighted by Crippen LogP contribution is 2.26. The minimum Gasteiger partial charge on any atom is -0.379 e. The van der Waals surface area contributed by atoms with Crippen molar-refractivity contribution in [3.8, 4) is 0 Å². The molecule has 1 N–H and O–H groups in total. The molecule has 0 spiro atoms. The number of halogens is 1. The summed E-state index contributed by atoms with van der Waals surface area (Å²) in [6.45, 7) is 3.62. The zero-order valence-corrected chi connectivity index (χ0v) is 16.9. The number of hydrogen-bond donors (Lipinski definition) is 1. The predicted octanol–water partition coefficient (Wildman–Crippen LogP) is -0.151. The standard InChI is InChI=1S/C17H23FN2O6S2/c18-16-2-1-13(28(24,25)14-3-10-27(22,23)12-14)11-15(16)17(21)19-4-5-20-6-8-26-9-7-20/h1-2,11,14H,3-10,12H2,(H,19,21)/t14-/m0/s1. The molecule has 2 aliphatic rings. The van der Waals surface area contributed by atoms with Gasteiger partial charge in [-0.3, -0.25) is 9.69 Å². The SMILES string of the molecule is O=C(NCCN1CCOCC1)c1cc(S(=O)(=O)[C@H]2CCS(=O)(=O)C2)ccc1F. The Balaban J connectivity index is 1.69. The van der Waals surface area contributed by atoms with Gasteiger partial charge in [-0.25, -0.2) is 21.2 Å². The molecule has 8 nitrogen and oxygen atoms in total. The lowest BCUT2D eigenvalue weighted by Crippen LogP contribution is -2.41. The van der Waals surface area contributed by atoms with Crippen LogP contribution in [-0.2, 0) is 24.4 Å². The van der Waals surface area contributed by atoms with E-state index in [0.29, 0.717) is 19.8 Å². The van der Waals surface area contributed by atoms with Gasteiger partial charge in [0, 0.05) is 26.2 Å². The average molecular weight is 435 g/mol. The van der Waals surface area contributed by atoms with E-state index in [1.54, 1.807) is 0 Å². The molecular weight excluding hydrogens is 411 g/mol. The summed E-state index contributed by atoms with van der Waals surface area (Å²) in [6, 6.07) is 2.98. The summed E-state index contributed by atoms with van der Waals surface area (Å²) in [5.74, 6) is -2.18. The zero-order valence-electron chi connectivity index (χ0n) is 15.3. The Bertz CT molecular complexity index is 942. The van der Waals surface area contributed by atoms with E-state index >= 15 is 0 Å². The summed E-state index contributed by atoms with van der Waals surface area (Å²) in [5.41, 5.74) is -0.371. The van der Waals surface area contributed by atoms with Crippen LogP contribution in [0.4, 0.5) is 4.39 Å². The first kappa shape index (κ1) is 21.2. The highest BCUT2D eigenvalue weighted by atomic mass is 32.2. The van der Waals surface area contributed by atoms with Gasteiger partial charge in [-0.05, 0) is 24.6 Å². The largest absolute Gasteiger partial charge is 0.379 e. The Morgan fingerprint density at radius 1 is 1.29 bits per heavy atom. The van der Waals surface area contributed by atoms with Crippen molar-refractivity contribution in [2.45, 2.75) is 16.6 Å². The van der Waals surface area contributed by atoms with E-state index in [0.717, 1.165) is 31.3 Å². The minimum absolute atomic E-state index is 0.00310. The summed E-state index contributed by atoms with van der Waals surface area (Å²) in [4.78, 5) is 14.2. The van der Waals surface area contributed by atoms with E-state index in [1.165, 1.54) is 0 Å². The van der Waals surface area contributed by atoms with Crippen molar-refractivity contribution in [2.24, 2.45) is 0 Å². The van der Waals surface area contributed by atoms with E-state index in [1.807, 2.05) is 0 Å². The number of morpholine rings is 1. The van der Waals surface area contributed by atoms with Gasteiger partial charge in [-0.1, -0.05) is 0 Å². The molecule has 1 aromatic carbocycles. The monoisotopic (exact) mass is 434 g/mol. The Hall–Kier alpha value is -1.56. The first-order chi connectivity index (χ1) is 13.2. The van der Waals surface area contributed by atoms with E-state index < -0.39 is 42.4 Å². The van der Waals surface area contributed by atoms with E-state index in [9.17, 15) is 26.0 Å². The van der Waals surface area contributed by atoms with Crippen LogP contribution in [0.1, 0.15) is 16.8 Å². The number of hydrogen-bond acceptors (Lipinski definition) is 7. The van der Waals surface area contributed by atoms with Crippen molar-refractivity contribution in [1.29, 1.82) is 0 Å². The van der Waals surface area contributed by atoms with Crippen molar-refractivity contribution in [2.75, 3.05) is 50.9 Å². The normalized spacial score (nSPS) is 22.8. The molecule has 1 atom stereocenters. The number of amides is 1. The average Bonchev–Trinajstić information content (AvgIpc) is 3.03. The molecule has 0 aromatic heterocycles. The first-order valence-corrected chi connectivity index (χ1v) is 12.4. The van der Waals surface area contributed by atoms with Crippen LogP contribution in [0, 0.1) is 5.82 Å². The smallest absolute Gasteiger partial charge is 0.254 e. The fourth-order valence-corrected chi connectivity index (χ4v) is 7.69. The van der Waals surface area contributed by atoms with Gasteiger partial charge in [-0.15, -0.1) is 0 Å². The van der Waals surface area contributed by atoms with Gasteiger partial charge < -0.3 is 10.1 Å².